The zero-order valence-electron chi connectivity index (χ0n) is 11.1. The molecule has 0 radical (unpaired) electrons. The zero-order chi connectivity index (χ0) is 13.9. The van der Waals surface area contributed by atoms with E-state index in [1.807, 2.05) is 18.2 Å². The third kappa shape index (κ3) is 2.68. The van der Waals surface area contributed by atoms with Crippen LogP contribution >= 0.6 is 0 Å². The number of carbonyl (C=O) groups excluding carboxylic acids is 1. The van der Waals surface area contributed by atoms with Gasteiger partial charge < -0.3 is 5.11 Å². The Morgan fingerprint density at radius 1 is 1.21 bits per heavy atom. The van der Waals surface area contributed by atoms with E-state index in [1.54, 1.807) is 24.1 Å². The predicted molar refractivity (Wildman–Crippen MR) is 72.2 cm³/mol. The number of ketones is 1. The lowest BCUT2D eigenvalue weighted by Gasteiger charge is -2.34. The van der Waals surface area contributed by atoms with Crippen LogP contribution in [-0.4, -0.2) is 40.9 Å². The van der Waals surface area contributed by atoms with Crippen molar-refractivity contribution >= 4 is 11.8 Å². The maximum absolute atomic E-state index is 12.1. The molecule has 0 saturated heterocycles. The van der Waals surface area contributed by atoms with Crippen LogP contribution in [0.25, 0.3) is 0 Å². The first kappa shape index (κ1) is 13.7. The Morgan fingerprint density at radius 3 is 2.32 bits per heavy atom. The molecule has 1 aliphatic carbocycles. The number of carboxylic acid groups (broad SMARTS) is 1. The fraction of sp³-hybridized carbons (Fsp3) is 0.467. The van der Waals surface area contributed by atoms with Crippen LogP contribution in [-0.2, 0) is 4.79 Å². The van der Waals surface area contributed by atoms with Crippen LogP contribution in [0.2, 0.25) is 0 Å². The first-order valence-electron chi connectivity index (χ1n) is 6.59. The minimum Gasteiger partial charge on any atom is -0.480 e. The minimum absolute atomic E-state index is 0.0318. The van der Waals surface area contributed by atoms with Gasteiger partial charge in [-0.2, -0.15) is 0 Å². The quantitative estimate of drug-likeness (QED) is 0.825. The molecule has 0 aliphatic heterocycles. The molecular formula is C15H19NO3. The standard InChI is InChI=1S/C15H19NO3/c1-16(15(14(18)19)9-5-6-10-15)11-13(17)12-7-3-2-4-8-12/h2-4,7-8H,5-6,9-11H2,1H3,(H,18,19). The van der Waals surface area contributed by atoms with Crippen molar-refractivity contribution in [2.45, 2.75) is 31.2 Å². The molecule has 1 aromatic rings. The molecule has 0 heterocycles. The number of hydrogen-bond acceptors (Lipinski definition) is 3. The number of rotatable bonds is 5. The van der Waals surface area contributed by atoms with Crippen LogP contribution in [0.3, 0.4) is 0 Å². The van der Waals surface area contributed by atoms with Crippen molar-refractivity contribution in [2.75, 3.05) is 13.6 Å². The summed E-state index contributed by atoms with van der Waals surface area (Å²) in [5.41, 5.74) is -0.224. The third-order valence-electron chi connectivity index (χ3n) is 4.04. The molecular weight excluding hydrogens is 242 g/mol. The topological polar surface area (TPSA) is 57.6 Å². The summed E-state index contributed by atoms with van der Waals surface area (Å²) in [5.74, 6) is -0.844. The van der Waals surface area contributed by atoms with Crippen LogP contribution < -0.4 is 0 Å². The predicted octanol–water partition coefficient (Wildman–Crippen LogP) is 2.20. The second-order valence-corrected chi connectivity index (χ2v) is 5.19. The average molecular weight is 261 g/mol. The molecule has 0 unspecified atom stereocenters. The van der Waals surface area contributed by atoms with Crippen molar-refractivity contribution in [3.63, 3.8) is 0 Å². The van der Waals surface area contributed by atoms with Gasteiger partial charge in [-0.1, -0.05) is 43.2 Å². The largest absolute Gasteiger partial charge is 0.480 e. The van der Waals surface area contributed by atoms with Crippen molar-refractivity contribution in [1.29, 1.82) is 0 Å². The van der Waals surface area contributed by atoms with E-state index in [4.69, 9.17) is 0 Å². The zero-order valence-corrected chi connectivity index (χ0v) is 11.1. The van der Waals surface area contributed by atoms with Gasteiger partial charge in [-0.25, -0.2) is 0 Å². The number of nitrogens with zero attached hydrogens (tertiary/aromatic N) is 1. The fourth-order valence-electron chi connectivity index (χ4n) is 2.80. The number of aliphatic carboxylic acids is 1. The molecule has 0 bridgehead atoms. The van der Waals surface area contributed by atoms with E-state index in [1.165, 1.54) is 0 Å². The lowest BCUT2D eigenvalue weighted by molar-refractivity contribution is -0.150. The lowest BCUT2D eigenvalue weighted by atomic mass is 9.95. The smallest absolute Gasteiger partial charge is 0.324 e. The van der Waals surface area contributed by atoms with Gasteiger partial charge in [0.25, 0.3) is 0 Å². The summed E-state index contributed by atoms with van der Waals surface area (Å²) in [7, 11) is 1.74. The van der Waals surface area contributed by atoms with Crippen LogP contribution in [0.15, 0.2) is 30.3 Å². The highest BCUT2D eigenvalue weighted by Crippen LogP contribution is 2.34. The Hall–Kier alpha value is -1.68. The molecule has 0 atom stereocenters. The van der Waals surface area contributed by atoms with Gasteiger partial charge in [-0.3, -0.25) is 14.5 Å². The normalized spacial score (nSPS) is 17.6. The van der Waals surface area contributed by atoms with E-state index < -0.39 is 11.5 Å². The van der Waals surface area contributed by atoms with E-state index in [0.717, 1.165) is 12.8 Å². The van der Waals surface area contributed by atoms with Crippen molar-refractivity contribution in [3.05, 3.63) is 35.9 Å². The van der Waals surface area contributed by atoms with Crippen molar-refractivity contribution < 1.29 is 14.7 Å². The maximum atomic E-state index is 12.1. The number of carbonyl (C=O) groups is 2. The van der Waals surface area contributed by atoms with Gasteiger partial charge in [0.15, 0.2) is 5.78 Å². The number of Topliss-reactive ketones (excluding diaryl/α,β-unsaturated/α-hetero) is 1. The Bertz CT molecular complexity index is 464. The highest BCUT2D eigenvalue weighted by molar-refractivity contribution is 5.98. The molecule has 1 aromatic carbocycles. The number of benzene rings is 1. The number of carboxylic acids is 1. The maximum Gasteiger partial charge on any atom is 0.324 e. The molecule has 1 fully saturated rings. The molecule has 0 aromatic heterocycles. The molecule has 0 spiro atoms. The average Bonchev–Trinajstić information content (AvgIpc) is 2.90. The van der Waals surface area contributed by atoms with E-state index in [9.17, 15) is 14.7 Å². The second-order valence-electron chi connectivity index (χ2n) is 5.19. The Morgan fingerprint density at radius 2 is 1.79 bits per heavy atom. The summed E-state index contributed by atoms with van der Waals surface area (Å²) in [5, 5.41) is 9.46. The van der Waals surface area contributed by atoms with Crippen LogP contribution in [0.5, 0.6) is 0 Å². The summed E-state index contributed by atoms with van der Waals surface area (Å²) >= 11 is 0. The summed E-state index contributed by atoms with van der Waals surface area (Å²) in [6.07, 6.45) is 3.08. The van der Waals surface area contributed by atoms with Crippen molar-refractivity contribution in [3.8, 4) is 0 Å². The monoisotopic (exact) mass is 261 g/mol. The highest BCUT2D eigenvalue weighted by atomic mass is 16.4. The lowest BCUT2D eigenvalue weighted by Crippen LogP contribution is -2.52. The molecule has 4 heteroatoms. The molecule has 1 saturated carbocycles. The van der Waals surface area contributed by atoms with Crippen molar-refractivity contribution in [1.82, 2.24) is 4.90 Å². The molecule has 19 heavy (non-hydrogen) atoms. The Balaban J connectivity index is 2.10. The number of hydrogen-bond donors (Lipinski definition) is 1. The second kappa shape index (κ2) is 5.53. The molecule has 4 nitrogen and oxygen atoms in total. The van der Waals surface area contributed by atoms with E-state index in [2.05, 4.69) is 0 Å². The van der Waals surface area contributed by atoms with E-state index >= 15 is 0 Å². The van der Waals surface area contributed by atoms with Crippen LogP contribution in [0.1, 0.15) is 36.0 Å². The highest BCUT2D eigenvalue weighted by Gasteiger charge is 2.45. The summed E-state index contributed by atoms with van der Waals surface area (Å²) in [6, 6.07) is 9.01. The summed E-state index contributed by atoms with van der Waals surface area (Å²) in [4.78, 5) is 25.4. The van der Waals surface area contributed by atoms with Crippen molar-refractivity contribution in [2.24, 2.45) is 0 Å². The molecule has 102 valence electrons. The molecule has 2 rings (SSSR count). The summed E-state index contributed by atoms with van der Waals surface area (Å²) in [6.45, 7) is 0.149. The first-order chi connectivity index (χ1) is 9.06. The SMILES string of the molecule is CN(CC(=O)c1ccccc1)C1(C(=O)O)CCCC1. The van der Waals surface area contributed by atoms with Crippen LogP contribution in [0, 0.1) is 0 Å². The van der Waals surface area contributed by atoms with Crippen LogP contribution in [0.4, 0.5) is 0 Å². The number of likely N-dealkylation sites (N-methyl/N-ethyl adjacent to an activating group) is 1. The van der Waals surface area contributed by atoms with Gasteiger partial charge in [-0.05, 0) is 19.9 Å². The fourth-order valence-corrected chi connectivity index (χ4v) is 2.80. The van der Waals surface area contributed by atoms with E-state index in [-0.39, 0.29) is 12.3 Å². The third-order valence-corrected chi connectivity index (χ3v) is 4.04. The molecule has 0 amide bonds. The summed E-state index contributed by atoms with van der Waals surface area (Å²) < 4.78 is 0. The Kier molecular flexibility index (Phi) is 4.00. The van der Waals surface area contributed by atoms with Gasteiger partial charge in [-0.15, -0.1) is 0 Å². The Labute approximate surface area is 113 Å². The molecule has 1 aliphatic rings. The van der Waals surface area contributed by atoms with E-state index in [0.29, 0.717) is 18.4 Å². The van der Waals surface area contributed by atoms with Gasteiger partial charge in [0.2, 0.25) is 0 Å². The van der Waals surface area contributed by atoms with Gasteiger partial charge in [0.05, 0.1) is 6.54 Å². The molecule has 1 N–H and O–H groups in total. The minimum atomic E-state index is -0.857. The van der Waals surface area contributed by atoms with Gasteiger partial charge in [0, 0.05) is 5.56 Å². The van der Waals surface area contributed by atoms with Gasteiger partial charge >= 0.3 is 5.97 Å². The van der Waals surface area contributed by atoms with Gasteiger partial charge in [0.1, 0.15) is 5.54 Å². The first-order valence-corrected chi connectivity index (χ1v) is 6.59.